The van der Waals surface area contributed by atoms with Crippen LogP contribution >= 0.6 is 0 Å². The number of aryl methyl sites for hydroxylation is 1. The average molecular weight is 265 g/mol. The summed E-state index contributed by atoms with van der Waals surface area (Å²) >= 11 is 0. The molecule has 4 nitrogen and oxygen atoms in total. The third kappa shape index (κ3) is 3.24. The van der Waals surface area contributed by atoms with E-state index < -0.39 is 5.60 Å². The summed E-state index contributed by atoms with van der Waals surface area (Å²) in [5.41, 5.74) is 1.80. The Labute approximate surface area is 117 Å². The van der Waals surface area contributed by atoms with Gasteiger partial charge in [-0.2, -0.15) is 0 Å². The summed E-state index contributed by atoms with van der Waals surface area (Å²) in [5.74, 6) is 2.10. The van der Waals surface area contributed by atoms with Gasteiger partial charge in [-0.25, -0.2) is 9.97 Å². The molecular formula is C15H27N3O. The Hall–Kier alpha value is -1.16. The molecule has 1 unspecified atom stereocenters. The Morgan fingerprint density at radius 2 is 1.89 bits per heavy atom. The molecule has 0 spiro atoms. The lowest BCUT2D eigenvalue weighted by molar-refractivity contribution is -0.00903. The van der Waals surface area contributed by atoms with E-state index in [2.05, 4.69) is 38.0 Å². The van der Waals surface area contributed by atoms with Gasteiger partial charge in [-0.15, -0.1) is 0 Å². The van der Waals surface area contributed by atoms with Gasteiger partial charge in [-0.05, 0) is 33.1 Å². The number of ether oxygens (including phenoxy) is 1. The SMILES string of the molecule is CCNc1nc(C(C)(CC)OC)nc(C)c1C(C)C. The molecule has 0 saturated heterocycles. The monoisotopic (exact) mass is 265 g/mol. The topological polar surface area (TPSA) is 47.0 Å². The molecule has 19 heavy (non-hydrogen) atoms. The van der Waals surface area contributed by atoms with Crippen molar-refractivity contribution in [3.63, 3.8) is 0 Å². The van der Waals surface area contributed by atoms with Crippen LogP contribution in [0.3, 0.4) is 0 Å². The van der Waals surface area contributed by atoms with Crippen LogP contribution in [0, 0.1) is 6.92 Å². The molecule has 0 aliphatic carbocycles. The van der Waals surface area contributed by atoms with Gasteiger partial charge >= 0.3 is 0 Å². The summed E-state index contributed by atoms with van der Waals surface area (Å²) in [6.45, 7) is 13.4. The van der Waals surface area contributed by atoms with Crippen LogP contribution in [0.2, 0.25) is 0 Å². The van der Waals surface area contributed by atoms with E-state index in [1.807, 2.05) is 13.8 Å². The molecule has 0 aromatic carbocycles. The van der Waals surface area contributed by atoms with Gasteiger partial charge in [0.05, 0.1) is 0 Å². The number of aromatic nitrogens is 2. The molecule has 1 heterocycles. The first-order chi connectivity index (χ1) is 8.89. The van der Waals surface area contributed by atoms with Gasteiger partial charge in [0.15, 0.2) is 5.82 Å². The first kappa shape index (κ1) is 15.9. The molecule has 108 valence electrons. The van der Waals surface area contributed by atoms with Gasteiger partial charge in [0.25, 0.3) is 0 Å². The highest BCUT2D eigenvalue weighted by molar-refractivity contribution is 5.48. The molecule has 0 radical (unpaired) electrons. The molecule has 1 atom stereocenters. The van der Waals surface area contributed by atoms with Gasteiger partial charge in [0, 0.05) is 24.9 Å². The Bertz CT molecular complexity index is 426. The minimum Gasteiger partial charge on any atom is -0.371 e. The van der Waals surface area contributed by atoms with Crippen molar-refractivity contribution in [2.45, 2.75) is 59.5 Å². The molecule has 0 amide bonds. The number of anilines is 1. The van der Waals surface area contributed by atoms with Gasteiger partial charge < -0.3 is 10.1 Å². The van der Waals surface area contributed by atoms with Gasteiger partial charge in [-0.3, -0.25) is 0 Å². The molecule has 4 heteroatoms. The molecule has 0 fully saturated rings. The van der Waals surface area contributed by atoms with Crippen LogP contribution in [0.25, 0.3) is 0 Å². The van der Waals surface area contributed by atoms with E-state index in [1.54, 1.807) is 7.11 Å². The van der Waals surface area contributed by atoms with Crippen molar-refractivity contribution in [1.82, 2.24) is 9.97 Å². The van der Waals surface area contributed by atoms with Crippen LogP contribution in [0.5, 0.6) is 0 Å². The predicted octanol–water partition coefficient (Wildman–Crippen LogP) is 3.61. The van der Waals surface area contributed by atoms with E-state index in [-0.39, 0.29) is 0 Å². The fourth-order valence-corrected chi connectivity index (χ4v) is 2.21. The average Bonchev–Trinajstić information content (AvgIpc) is 2.37. The summed E-state index contributed by atoms with van der Waals surface area (Å²) in [6.07, 6.45) is 0.843. The fourth-order valence-electron chi connectivity index (χ4n) is 2.21. The largest absolute Gasteiger partial charge is 0.371 e. The maximum absolute atomic E-state index is 5.61. The lowest BCUT2D eigenvalue weighted by Crippen LogP contribution is -2.28. The van der Waals surface area contributed by atoms with E-state index in [0.29, 0.717) is 5.92 Å². The Kier molecular flexibility index (Phi) is 5.29. The van der Waals surface area contributed by atoms with Crippen molar-refractivity contribution < 1.29 is 4.74 Å². The second kappa shape index (κ2) is 6.33. The molecule has 0 bridgehead atoms. The van der Waals surface area contributed by atoms with Crippen LogP contribution in [0.4, 0.5) is 5.82 Å². The lowest BCUT2D eigenvalue weighted by Gasteiger charge is -2.27. The smallest absolute Gasteiger partial charge is 0.162 e. The summed E-state index contributed by atoms with van der Waals surface area (Å²) in [7, 11) is 1.71. The van der Waals surface area contributed by atoms with Crippen molar-refractivity contribution >= 4 is 5.82 Å². The van der Waals surface area contributed by atoms with Gasteiger partial charge in [0.2, 0.25) is 0 Å². The molecular weight excluding hydrogens is 238 g/mol. The van der Waals surface area contributed by atoms with Crippen LogP contribution in [-0.2, 0) is 10.3 Å². The molecule has 0 aliphatic rings. The highest BCUT2D eigenvalue weighted by atomic mass is 16.5. The zero-order chi connectivity index (χ0) is 14.6. The van der Waals surface area contributed by atoms with Crippen molar-refractivity contribution in [1.29, 1.82) is 0 Å². The van der Waals surface area contributed by atoms with Crippen molar-refractivity contribution in [3.05, 3.63) is 17.1 Å². The quantitative estimate of drug-likeness (QED) is 0.853. The zero-order valence-electron chi connectivity index (χ0n) is 13.3. The number of nitrogens with one attached hydrogen (secondary N) is 1. The number of methoxy groups -OCH3 is 1. The standard InChI is InChI=1S/C15H27N3O/c1-8-15(6,19-7)14-17-11(5)12(10(3)4)13(18-14)16-9-2/h10H,8-9H2,1-7H3,(H,16,17,18). The number of nitrogens with zero attached hydrogens (tertiary/aromatic N) is 2. The third-order valence-corrected chi connectivity index (χ3v) is 3.66. The van der Waals surface area contributed by atoms with Crippen LogP contribution in [0.15, 0.2) is 0 Å². The van der Waals surface area contributed by atoms with Crippen molar-refractivity contribution in [2.75, 3.05) is 19.0 Å². The first-order valence-corrected chi connectivity index (χ1v) is 7.07. The highest BCUT2D eigenvalue weighted by Crippen LogP contribution is 2.31. The van der Waals surface area contributed by atoms with Crippen LogP contribution in [0.1, 0.15) is 64.0 Å². The number of hydrogen-bond donors (Lipinski definition) is 1. The normalized spacial score (nSPS) is 14.5. The predicted molar refractivity (Wildman–Crippen MR) is 79.7 cm³/mol. The Morgan fingerprint density at radius 1 is 1.26 bits per heavy atom. The summed E-state index contributed by atoms with van der Waals surface area (Å²) in [5, 5.41) is 3.35. The van der Waals surface area contributed by atoms with E-state index >= 15 is 0 Å². The van der Waals surface area contributed by atoms with Crippen LogP contribution in [-0.4, -0.2) is 23.6 Å². The second-order valence-electron chi connectivity index (χ2n) is 5.37. The third-order valence-electron chi connectivity index (χ3n) is 3.66. The summed E-state index contributed by atoms with van der Waals surface area (Å²) in [6, 6.07) is 0. The van der Waals surface area contributed by atoms with E-state index in [1.165, 1.54) is 5.56 Å². The fraction of sp³-hybridized carbons (Fsp3) is 0.733. The van der Waals surface area contributed by atoms with E-state index in [4.69, 9.17) is 9.72 Å². The summed E-state index contributed by atoms with van der Waals surface area (Å²) in [4.78, 5) is 9.39. The molecule has 1 aromatic heterocycles. The Balaban J connectivity index is 3.39. The summed E-state index contributed by atoms with van der Waals surface area (Å²) < 4.78 is 5.61. The number of rotatable bonds is 6. The van der Waals surface area contributed by atoms with E-state index in [9.17, 15) is 0 Å². The van der Waals surface area contributed by atoms with Gasteiger partial charge in [0.1, 0.15) is 11.4 Å². The highest BCUT2D eigenvalue weighted by Gasteiger charge is 2.29. The minimum absolute atomic E-state index is 0.401. The lowest BCUT2D eigenvalue weighted by atomic mass is 9.99. The van der Waals surface area contributed by atoms with Gasteiger partial charge in [-0.1, -0.05) is 20.8 Å². The second-order valence-corrected chi connectivity index (χ2v) is 5.37. The zero-order valence-corrected chi connectivity index (χ0v) is 13.3. The Morgan fingerprint density at radius 3 is 2.32 bits per heavy atom. The van der Waals surface area contributed by atoms with Crippen molar-refractivity contribution in [3.8, 4) is 0 Å². The molecule has 0 saturated carbocycles. The maximum Gasteiger partial charge on any atom is 0.162 e. The minimum atomic E-state index is -0.426. The molecule has 0 aliphatic heterocycles. The maximum atomic E-state index is 5.61. The molecule has 1 rings (SSSR count). The molecule has 1 N–H and O–H groups in total. The van der Waals surface area contributed by atoms with E-state index in [0.717, 1.165) is 30.3 Å². The van der Waals surface area contributed by atoms with Crippen LogP contribution < -0.4 is 5.32 Å². The number of hydrogen-bond acceptors (Lipinski definition) is 4. The van der Waals surface area contributed by atoms with Crippen molar-refractivity contribution in [2.24, 2.45) is 0 Å². The molecule has 1 aromatic rings. The first-order valence-electron chi connectivity index (χ1n) is 7.07.